The van der Waals surface area contributed by atoms with E-state index in [4.69, 9.17) is 4.74 Å². The van der Waals surface area contributed by atoms with E-state index in [1.54, 1.807) is 32.0 Å². The number of fused-ring (bicyclic) bond motifs is 1. The molecule has 0 saturated carbocycles. The molecule has 3 unspecified atom stereocenters. The average Bonchev–Trinajstić information content (AvgIpc) is 3.07. The third-order valence-electron chi connectivity index (χ3n) is 6.01. The first-order chi connectivity index (χ1) is 14.4. The normalized spacial score (nSPS) is 23.1. The lowest BCUT2D eigenvalue weighted by Gasteiger charge is -2.43. The summed E-state index contributed by atoms with van der Waals surface area (Å²) in [6, 6.07) is 4.71. The van der Waals surface area contributed by atoms with Gasteiger partial charge in [0.2, 0.25) is 0 Å². The van der Waals surface area contributed by atoms with Crippen LogP contribution >= 0.6 is 0 Å². The van der Waals surface area contributed by atoms with Crippen LogP contribution in [0.5, 0.6) is 0 Å². The van der Waals surface area contributed by atoms with Crippen molar-refractivity contribution < 1.29 is 32.2 Å². The van der Waals surface area contributed by atoms with Crippen LogP contribution in [0.15, 0.2) is 42.3 Å². The number of aliphatic hydroxyl groups is 1. The predicted octanol–water partition coefficient (Wildman–Crippen LogP) is 4.11. The molecule has 5 nitrogen and oxygen atoms in total. The molecule has 1 aromatic carbocycles. The fraction of sp³-hybridized carbons (Fsp3) is 0.500. The number of alkyl halides is 3. The number of carbonyl (C=O) groups excluding carboxylic acids is 1. The van der Waals surface area contributed by atoms with Gasteiger partial charge in [0.05, 0.1) is 12.6 Å². The van der Waals surface area contributed by atoms with Gasteiger partial charge in [-0.05, 0) is 36.1 Å². The first kappa shape index (κ1) is 23.3. The van der Waals surface area contributed by atoms with E-state index in [0.717, 1.165) is 0 Å². The summed E-state index contributed by atoms with van der Waals surface area (Å²) >= 11 is 0. The maximum absolute atomic E-state index is 14.0. The lowest BCUT2D eigenvalue weighted by atomic mass is 9.67. The number of hydrogen-bond donors (Lipinski definition) is 3. The quantitative estimate of drug-likeness (QED) is 0.556. The summed E-state index contributed by atoms with van der Waals surface area (Å²) in [4.78, 5) is 11.8. The molecule has 0 bridgehead atoms. The van der Waals surface area contributed by atoms with Crippen LogP contribution in [0, 0.1) is 11.3 Å². The Balaban J connectivity index is 1.85. The molecule has 0 saturated heterocycles. The number of rotatable bonds is 7. The molecule has 1 amide bonds. The van der Waals surface area contributed by atoms with Gasteiger partial charge in [-0.1, -0.05) is 26.0 Å². The molecule has 1 aliphatic carbocycles. The Morgan fingerprint density at radius 2 is 2.00 bits per heavy atom. The summed E-state index contributed by atoms with van der Waals surface area (Å²) in [6.07, 6.45) is -2.34. The van der Waals surface area contributed by atoms with Crippen molar-refractivity contribution in [2.75, 3.05) is 19.0 Å². The van der Waals surface area contributed by atoms with Crippen molar-refractivity contribution in [2.24, 2.45) is 11.3 Å². The van der Waals surface area contributed by atoms with Crippen LogP contribution in [0.3, 0.4) is 0 Å². The number of methoxy groups -OCH3 is 1. The fourth-order valence-electron chi connectivity index (χ4n) is 4.32. The number of halogens is 4. The van der Waals surface area contributed by atoms with Crippen molar-refractivity contribution in [1.29, 1.82) is 0 Å². The monoisotopic (exact) mass is 442 g/mol. The number of anilines is 1. The van der Waals surface area contributed by atoms with Gasteiger partial charge in [-0.15, -0.1) is 0 Å². The Morgan fingerprint density at radius 3 is 2.65 bits per heavy atom. The molecule has 0 radical (unpaired) electrons. The zero-order chi connectivity index (χ0) is 23.0. The van der Waals surface area contributed by atoms with Crippen LogP contribution < -0.4 is 10.6 Å². The summed E-state index contributed by atoms with van der Waals surface area (Å²) in [7, 11) is 1.40. The Hall–Kier alpha value is -2.39. The SMILES string of the molecule is COC1C=CC(F)=CC1C(C)(C)CC(O)(CNc1cccc2c1CNC2=O)C(F)(F)F. The van der Waals surface area contributed by atoms with E-state index >= 15 is 0 Å². The summed E-state index contributed by atoms with van der Waals surface area (Å²) in [6.45, 7) is 2.47. The maximum Gasteiger partial charge on any atom is 0.418 e. The zero-order valence-corrected chi connectivity index (χ0v) is 17.5. The molecule has 1 aliphatic heterocycles. The molecule has 9 heteroatoms. The average molecular weight is 442 g/mol. The molecule has 3 atom stereocenters. The number of amides is 1. The van der Waals surface area contributed by atoms with Gasteiger partial charge in [-0.2, -0.15) is 13.2 Å². The van der Waals surface area contributed by atoms with Gasteiger partial charge in [0.1, 0.15) is 5.83 Å². The second-order valence-electron chi connectivity index (χ2n) is 8.70. The van der Waals surface area contributed by atoms with E-state index < -0.39 is 48.0 Å². The number of nitrogens with one attached hydrogen (secondary N) is 2. The van der Waals surface area contributed by atoms with Crippen LogP contribution in [0.25, 0.3) is 0 Å². The van der Waals surface area contributed by atoms with Gasteiger partial charge in [-0.3, -0.25) is 4.79 Å². The van der Waals surface area contributed by atoms with Gasteiger partial charge in [0, 0.05) is 36.4 Å². The molecular formula is C22H26F4N2O3. The maximum atomic E-state index is 14.0. The molecule has 1 aromatic rings. The standard InChI is InChI=1S/C22H26F4N2O3/c1-20(2,16-9-13(23)7-8-18(16)31-3)11-21(30,22(24,25)26)12-28-17-6-4-5-14-15(17)10-27-19(14)29/h4-9,16,18,28,30H,10-12H2,1-3H3,(H,27,29). The molecule has 0 spiro atoms. The van der Waals surface area contributed by atoms with E-state index in [1.165, 1.54) is 25.3 Å². The molecule has 31 heavy (non-hydrogen) atoms. The van der Waals surface area contributed by atoms with Crippen LogP contribution in [0.1, 0.15) is 36.2 Å². The van der Waals surface area contributed by atoms with Crippen LogP contribution in [-0.2, 0) is 11.3 Å². The van der Waals surface area contributed by atoms with Crippen molar-refractivity contribution in [1.82, 2.24) is 5.32 Å². The number of benzene rings is 1. The number of allylic oxidation sites excluding steroid dienone is 2. The highest BCUT2D eigenvalue weighted by molar-refractivity contribution is 6.00. The second kappa shape index (κ2) is 8.27. The van der Waals surface area contributed by atoms with Crippen molar-refractivity contribution in [3.63, 3.8) is 0 Å². The van der Waals surface area contributed by atoms with Crippen molar-refractivity contribution in [3.05, 3.63) is 53.4 Å². The zero-order valence-electron chi connectivity index (χ0n) is 17.5. The third-order valence-corrected chi connectivity index (χ3v) is 6.01. The lowest BCUT2D eigenvalue weighted by molar-refractivity contribution is -0.266. The minimum atomic E-state index is -4.95. The van der Waals surface area contributed by atoms with Crippen LogP contribution in [0.2, 0.25) is 0 Å². The van der Waals surface area contributed by atoms with Gasteiger partial charge in [0.15, 0.2) is 5.60 Å². The van der Waals surface area contributed by atoms with Gasteiger partial charge < -0.3 is 20.5 Å². The Labute approximate surface area is 178 Å². The number of hydrogen-bond acceptors (Lipinski definition) is 4. The van der Waals surface area contributed by atoms with Gasteiger partial charge >= 0.3 is 6.18 Å². The molecular weight excluding hydrogens is 416 g/mol. The van der Waals surface area contributed by atoms with E-state index in [1.807, 2.05) is 0 Å². The van der Waals surface area contributed by atoms with Gasteiger partial charge in [0.25, 0.3) is 5.91 Å². The molecule has 170 valence electrons. The topological polar surface area (TPSA) is 70.6 Å². The third kappa shape index (κ3) is 4.62. The van der Waals surface area contributed by atoms with E-state index in [2.05, 4.69) is 10.6 Å². The summed E-state index contributed by atoms with van der Waals surface area (Å²) < 4.78 is 61.2. The smallest absolute Gasteiger partial charge is 0.381 e. The Morgan fingerprint density at radius 1 is 1.29 bits per heavy atom. The molecule has 0 aromatic heterocycles. The Bertz CT molecular complexity index is 911. The van der Waals surface area contributed by atoms with Crippen molar-refractivity contribution >= 4 is 11.6 Å². The molecule has 3 rings (SSSR count). The van der Waals surface area contributed by atoms with Crippen molar-refractivity contribution in [3.8, 4) is 0 Å². The summed E-state index contributed by atoms with van der Waals surface area (Å²) in [5.41, 5.74) is -2.97. The number of carbonyl (C=O) groups is 1. The largest absolute Gasteiger partial charge is 0.418 e. The fourth-order valence-corrected chi connectivity index (χ4v) is 4.32. The summed E-state index contributed by atoms with van der Waals surface area (Å²) in [5.74, 6) is -1.56. The highest BCUT2D eigenvalue weighted by Crippen LogP contribution is 2.46. The number of ether oxygens (including phenoxy) is 1. The van der Waals surface area contributed by atoms with Crippen LogP contribution in [-0.4, -0.2) is 42.5 Å². The predicted molar refractivity (Wildman–Crippen MR) is 108 cm³/mol. The first-order valence-electron chi connectivity index (χ1n) is 9.89. The van der Waals surface area contributed by atoms with E-state index in [-0.39, 0.29) is 12.5 Å². The highest BCUT2D eigenvalue weighted by Gasteiger charge is 2.57. The van der Waals surface area contributed by atoms with E-state index in [0.29, 0.717) is 16.8 Å². The molecule has 1 heterocycles. The minimum absolute atomic E-state index is 0.196. The van der Waals surface area contributed by atoms with E-state index in [9.17, 15) is 27.5 Å². The molecule has 2 aliphatic rings. The molecule has 0 fully saturated rings. The first-order valence-corrected chi connectivity index (χ1v) is 9.89. The highest BCUT2D eigenvalue weighted by atomic mass is 19.4. The van der Waals surface area contributed by atoms with Crippen molar-refractivity contribution in [2.45, 2.75) is 44.7 Å². The summed E-state index contributed by atoms with van der Waals surface area (Å²) in [5, 5.41) is 16.1. The second-order valence-corrected chi connectivity index (χ2v) is 8.70. The molecule has 3 N–H and O–H groups in total. The Kier molecular flexibility index (Phi) is 6.21. The van der Waals surface area contributed by atoms with Crippen LogP contribution in [0.4, 0.5) is 23.2 Å². The van der Waals surface area contributed by atoms with Gasteiger partial charge in [-0.25, -0.2) is 4.39 Å². The minimum Gasteiger partial charge on any atom is -0.381 e. The lowest BCUT2D eigenvalue weighted by Crippen LogP contribution is -2.54.